The molecule has 5 nitrogen and oxygen atoms in total. The maximum Gasteiger partial charge on any atom is 0.339 e. The highest BCUT2D eigenvalue weighted by atomic mass is 32.2. The highest BCUT2D eigenvalue weighted by molar-refractivity contribution is 8.27. The maximum absolute atomic E-state index is 13.0. The van der Waals surface area contributed by atoms with E-state index in [1.54, 1.807) is 0 Å². The number of allylic oxidation sites excluding steroid dienone is 1. The van der Waals surface area contributed by atoms with E-state index in [1.165, 1.54) is 40.4 Å². The van der Waals surface area contributed by atoms with Crippen molar-refractivity contribution in [3.8, 4) is 5.75 Å². The molecule has 7 heteroatoms. The second-order valence-electron chi connectivity index (χ2n) is 6.27. The third-order valence-corrected chi connectivity index (χ3v) is 5.99. The van der Waals surface area contributed by atoms with Gasteiger partial charge >= 0.3 is 5.97 Å². The van der Waals surface area contributed by atoms with Crippen LogP contribution in [0.1, 0.15) is 34.0 Å². The van der Waals surface area contributed by atoms with Gasteiger partial charge in [0.15, 0.2) is 4.32 Å². The number of carboxylic acid groups (broad SMARTS) is 1. The Morgan fingerprint density at radius 2 is 1.81 bits per heavy atom. The second kappa shape index (κ2) is 7.17. The Bertz CT molecular complexity index is 1030. The number of anilines is 1. The van der Waals surface area contributed by atoms with Crippen molar-refractivity contribution < 1.29 is 19.8 Å². The summed E-state index contributed by atoms with van der Waals surface area (Å²) >= 11 is 6.55. The van der Waals surface area contributed by atoms with Crippen molar-refractivity contribution in [1.29, 1.82) is 0 Å². The Hall–Kier alpha value is -2.64. The van der Waals surface area contributed by atoms with Gasteiger partial charge in [0.25, 0.3) is 5.91 Å². The molecule has 138 valence electrons. The van der Waals surface area contributed by atoms with Gasteiger partial charge in [-0.25, -0.2) is 4.79 Å². The molecule has 0 unspecified atom stereocenters. The molecular weight excluding hydrogens is 382 g/mol. The van der Waals surface area contributed by atoms with Crippen molar-refractivity contribution in [3.63, 3.8) is 0 Å². The van der Waals surface area contributed by atoms with Crippen LogP contribution in [0.4, 0.5) is 5.69 Å². The summed E-state index contributed by atoms with van der Waals surface area (Å²) in [5, 5.41) is 19.0. The summed E-state index contributed by atoms with van der Waals surface area (Å²) < 4.78 is 0.334. The monoisotopic (exact) mass is 399 g/mol. The van der Waals surface area contributed by atoms with Gasteiger partial charge in [-0.2, -0.15) is 0 Å². The topological polar surface area (TPSA) is 77.8 Å². The van der Waals surface area contributed by atoms with Crippen molar-refractivity contribution >= 4 is 51.4 Å². The van der Waals surface area contributed by atoms with E-state index in [0.717, 1.165) is 16.7 Å². The van der Waals surface area contributed by atoms with Gasteiger partial charge in [0.2, 0.25) is 0 Å². The number of phenols is 1. The van der Waals surface area contributed by atoms with E-state index in [9.17, 15) is 14.7 Å². The molecule has 0 bridgehead atoms. The minimum atomic E-state index is -1.24. The summed E-state index contributed by atoms with van der Waals surface area (Å²) in [5.74, 6) is -1.94. The molecule has 2 aromatic carbocycles. The molecule has 0 saturated carbocycles. The van der Waals surface area contributed by atoms with E-state index in [0.29, 0.717) is 14.9 Å². The molecule has 1 aliphatic rings. The largest absolute Gasteiger partial charge is 0.507 e. The zero-order valence-electron chi connectivity index (χ0n) is 14.9. The Morgan fingerprint density at radius 1 is 1.11 bits per heavy atom. The number of hydrogen-bond acceptors (Lipinski definition) is 5. The highest BCUT2D eigenvalue weighted by Gasteiger charge is 2.35. The molecule has 3 rings (SSSR count). The number of amides is 1. The molecule has 0 atom stereocenters. The van der Waals surface area contributed by atoms with Crippen LogP contribution in [0, 0.1) is 13.8 Å². The molecule has 2 N–H and O–H groups in total. The van der Waals surface area contributed by atoms with E-state index in [4.69, 9.17) is 17.3 Å². The minimum absolute atomic E-state index is 0.231. The van der Waals surface area contributed by atoms with Crippen LogP contribution >= 0.6 is 24.0 Å². The molecule has 1 amide bonds. The number of aryl methyl sites for hydroxylation is 2. The number of carbonyl (C=O) groups is 2. The Kier molecular flexibility index (Phi) is 5.08. The Balaban J connectivity index is 2.01. The summed E-state index contributed by atoms with van der Waals surface area (Å²) in [6.07, 6.45) is 0. The minimum Gasteiger partial charge on any atom is -0.507 e. The van der Waals surface area contributed by atoms with Crippen LogP contribution in [0.15, 0.2) is 41.3 Å². The van der Waals surface area contributed by atoms with Crippen molar-refractivity contribution in [1.82, 2.24) is 0 Å². The summed E-state index contributed by atoms with van der Waals surface area (Å²) in [5.41, 5.74) is 4.19. The SMILES string of the molecule is CC(=C1SC(=S)N(c2ccc(C(=O)O)c(O)c2)C1=O)c1ccc(C)c(C)c1. The third kappa shape index (κ3) is 3.48. The van der Waals surface area contributed by atoms with E-state index >= 15 is 0 Å². The first-order chi connectivity index (χ1) is 12.7. The lowest BCUT2D eigenvalue weighted by atomic mass is 10.0. The molecule has 27 heavy (non-hydrogen) atoms. The van der Waals surface area contributed by atoms with E-state index in [1.807, 2.05) is 39.0 Å². The summed E-state index contributed by atoms with van der Waals surface area (Å²) in [6, 6.07) is 9.97. The number of hydrogen-bond donors (Lipinski definition) is 2. The maximum atomic E-state index is 13.0. The predicted octanol–water partition coefficient (Wildman–Crippen LogP) is 4.50. The summed E-state index contributed by atoms with van der Waals surface area (Å²) in [4.78, 5) is 25.9. The van der Waals surface area contributed by atoms with Gasteiger partial charge < -0.3 is 10.2 Å². The molecule has 1 fully saturated rings. The number of carboxylic acids is 1. The fourth-order valence-electron chi connectivity index (χ4n) is 2.77. The lowest BCUT2D eigenvalue weighted by molar-refractivity contribution is -0.113. The normalized spacial score (nSPS) is 16.0. The Morgan fingerprint density at radius 3 is 2.41 bits per heavy atom. The van der Waals surface area contributed by atoms with Gasteiger partial charge in [-0.05, 0) is 55.2 Å². The van der Waals surface area contributed by atoms with Crippen LogP contribution in [-0.4, -0.2) is 26.4 Å². The molecule has 2 aromatic rings. The van der Waals surface area contributed by atoms with E-state index in [-0.39, 0.29) is 11.5 Å². The van der Waals surface area contributed by atoms with E-state index < -0.39 is 11.7 Å². The number of aromatic carboxylic acids is 1. The first-order valence-electron chi connectivity index (χ1n) is 8.11. The van der Waals surface area contributed by atoms with Crippen LogP contribution in [0.3, 0.4) is 0 Å². The molecule has 1 saturated heterocycles. The van der Waals surface area contributed by atoms with Gasteiger partial charge in [-0.15, -0.1) is 0 Å². The number of carbonyl (C=O) groups excluding carboxylic acids is 1. The number of benzene rings is 2. The molecular formula is C20H17NO4S2. The van der Waals surface area contributed by atoms with Crippen LogP contribution in [0.5, 0.6) is 5.75 Å². The molecule has 0 aliphatic carbocycles. The standard InChI is InChI=1S/C20H17NO4S2/c1-10-4-5-13(8-11(10)2)12(3)17-18(23)21(20(26)27-17)14-6-7-15(19(24)25)16(22)9-14/h4-9,22H,1-3H3,(H,24,25). The number of thiocarbonyl (C=S) groups is 1. The lowest BCUT2D eigenvalue weighted by Crippen LogP contribution is -2.27. The average Bonchev–Trinajstić information content (AvgIpc) is 2.90. The van der Waals surface area contributed by atoms with Crippen molar-refractivity contribution in [2.45, 2.75) is 20.8 Å². The van der Waals surface area contributed by atoms with Crippen LogP contribution in [0.25, 0.3) is 5.57 Å². The highest BCUT2D eigenvalue weighted by Crippen LogP contribution is 2.40. The van der Waals surface area contributed by atoms with Crippen molar-refractivity contribution in [2.24, 2.45) is 0 Å². The fraction of sp³-hybridized carbons (Fsp3) is 0.150. The third-order valence-electron chi connectivity index (χ3n) is 4.52. The fourth-order valence-corrected chi connectivity index (χ4v) is 4.11. The molecule has 1 heterocycles. The van der Waals surface area contributed by atoms with Gasteiger partial charge in [-0.1, -0.05) is 42.2 Å². The second-order valence-corrected chi connectivity index (χ2v) is 7.91. The predicted molar refractivity (Wildman–Crippen MR) is 111 cm³/mol. The lowest BCUT2D eigenvalue weighted by Gasteiger charge is -2.15. The molecule has 0 spiro atoms. The quantitative estimate of drug-likeness (QED) is 0.584. The smallest absolute Gasteiger partial charge is 0.339 e. The van der Waals surface area contributed by atoms with Gasteiger partial charge in [0, 0.05) is 6.07 Å². The van der Waals surface area contributed by atoms with Crippen LogP contribution < -0.4 is 4.90 Å². The van der Waals surface area contributed by atoms with Gasteiger partial charge in [0.05, 0.1) is 10.6 Å². The first kappa shape index (κ1) is 19.1. The summed E-state index contributed by atoms with van der Waals surface area (Å²) in [6.45, 7) is 5.92. The zero-order chi connectivity index (χ0) is 19.9. The average molecular weight is 399 g/mol. The van der Waals surface area contributed by atoms with Crippen molar-refractivity contribution in [3.05, 3.63) is 63.6 Å². The molecule has 0 radical (unpaired) electrons. The number of rotatable bonds is 3. The molecule has 1 aliphatic heterocycles. The summed E-state index contributed by atoms with van der Waals surface area (Å²) in [7, 11) is 0. The zero-order valence-corrected chi connectivity index (χ0v) is 16.6. The van der Waals surface area contributed by atoms with E-state index in [2.05, 4.69) is 0 Å². The first-order valence-corrected chi connectivity index (χ1v) is 9.34. The number of aromatic hydroxyl groups is 1. The molecule has 0 aromatic heterocycles. The number of thioether (sulfide) groups is 1. The van der Waals surface area contributed by atoms with Gasteiger partial charge in [-0.3, -0.25) is 9.69 Å². The number of nitrogens with zero attached hydrogens (tertiary/aromatic N) is 1. The Labute approximate surface area is 166 Å². The van der Waals surface area contributed by atoms with Crippen molar-refractivity contribution in [2.75, 3.05) is 4.90 Å². The van der Waals surface area contributed by atoms with Gasteiger partial charge in [0.1, 0.15) is 11.3 Å². The van der Waals surface area contributed by atoms with Crippen LogP contribution in [-0.2, 0) is 4.79 Å². The van der Waals surface area contributed by atoms with Crippen LogP contribution in [0.2, 0.25) is 0 Å².